The van der Waals surface area contributed by atoms with Gasteiger partial charge in [-0.15, -0.1) is 0 Å². The lowest BCUT2D eigenvalue weighted by Crippen LogP contribution is -2.56. The average molecular weight is 451 g/mol. The molecule has 1 saturated heterocycles. The van der Waals surface area contributed by atoms with Crippen molar-refractivity contribution in [2.75, 3.05) is 44.0 Å². The van der Waals surface area contributed by atoms with Crippen LogP contribution in [0.1, 0.15) is 43.2 Å². The quantitative estimate of drug-likeness (QED) is 0.671. The minimum Gasteiger partial charge on any atom is -0.492 e. The lowest BCUT2D eigenvalue weighted by molar-refractivity contribution is -0.123. The summed E-state index contributed by atoms with van der Waals surface area (Å²) in [6, 6.07) is 6.42. The minimum atomic E-state index is -0.493. The van der Waals surface area contributed by atoms with E-state index in [-0.39, 0.29) is 5.91 Å². The molecule has 1 aromatic heterocycles. The maximum absolute atomic E-state index is 13.0. The van der Waals surface area contributed by atoms with Crippen LogP contribution in [-0.2, 0) is 11.2 Å². The first-order chi connectivity index (χ1) is 16.0. The highest BCUT2D eigenvalue weighted by molar-refractivity contribution is 5.94. The van der Waals surface area contributed by atoms with Crippen LogP contribution < -0.4 is 20.3 Å². The van der Waals surface area contributed by atoms with Gasteiger partial charge in [-0.05, 0) is 64.0 Å². The number of amides is 1. The second-order valence-corrected chi connectivity index (χ2v) is 9.82. The van der Waals surface area contributed by atoms with E-state index in [9.17, 15) is 4.79 Å². The monoisotopic (exact) mass is 450 g/mol. The van der Waals surface area contributed by atoms with Gasteiger partial charge in [0.2, 0.25) is 11.9 Å². The smallest absolute Gasteiger partial charge is 0.246 e. The topological polar surface area (TPSA) is 82.6 Å². The Kier molecular flexibility index (Phi) is 5.86. The van der Waals surface area contributed by atoms with Gasteiger partial charge in [-0.3, -0.25) is 4.79 Å². The molecule has 33 heavy (non-hydrogen) atoms. The van der Waals surface area contributed by atoms with Gasteiger partial charge in [-0.25, -0.2) is 4.98 Å². The number of nitrogens with zero attached hydrogens (tertiary/aromatic N) is 4. The second kappa shape index (κ2) is 8.82. The molecule has 0 radical (unpaired) electrons. The van der Waals surface area contributed by atoms with Crippen molar-refractivity contribution < 1.29 is 9.53 Å². The zero-order chi connectivity index (χ0) is 23.0. The van der Waals surface area contributed by atoms with E-state index in [0.717, 1.165) is 60.7 Å². The first kappa shape index (κ1) is 21.9. The molecule has 1 aliphatic carbocycles. The fourth-order valence-electron chi connectivity index (χ4n) is 5.49. The van der Waals surface area contributed by atoms with Crippen LogP contribution in [0, 0.1) is 6.92 Å². The average Bonchev–Trinajstić information content (AvgIpc) is 3.49. The number of likely N-dealkylation sites (N-methyl/N-ethyl adjacent to an activating group) is 1. The number of fused-ring (bicyclic) bond motifs is 1. The Labute approximate surface area is 195 Å². The molecule has 8 nitrogen and oxygen atoms in total. The first-order valence-corrected chi connectivity index (χ1v) is 12.0. The van der Waals surface area contributed by atoms with E-state index in [2.05, 4.69) is 31.5 Å². The molecule has 1 unspecified atom stereocenters. The maximum Gasteiger partial charge on any atom is 0.246 e. The van der Waals surface area contributed by atoms with Crippen LogP contribution in [0.25, 0.3) is 0 Å². The highest BCUT2D eigenvalue weighted by atomic mass is 16.5. The Morgan fingerprint density at radius 3 is 2.82 bits per heavy atom. The minimum absolute atomic E-state index is 0.141. The van der Waals surface area contributed by atoms with Crippen LogP contribution in [0.3, 0.4) is 0 Å². The number of aromatic nitrogens is 2. The fraction of sp³-hybridized carbons (Fsp3) is 0.560. The van der Waals surface area contributed by atoms with Gasteiger partial charge in [0.05, 0.1) is 0 Å². The molecule has 0 bridgehead atoms. The number of anilines is 3. The fourth-order valence-corrected chi connectivity index (χ4v) is 5.49. The highest BCUT2D eigenvalue weighted by Crippen LogP contribution is 2.46. The lowest BCUT2D eigenvalue weighted by atomic mass is 9.91. The SMILES string of the molecule is Cc1cc(Nc2ncc3c(n2)N(C2CCCC2)C2(CCNC2=O)C3)ccc1OCCN(C)C. The van der Waals surface area contributed by atoms with Crippen molar-refractivity contribution in [3.8, 4) is 5.75 Å². The zero-order valence-electron chi connectivity index (χ0n) is 19.9. The predicted octanol–water partition coefficient (Wildman–Crippen LogP) is 3.03. The predicted molar refractivity (Wildman–Crippen MR) is 129 cm³/mol. The van der Waals surface area contributed by atoms with Crippen molar-refractivity contribution in [1.29, 1.82) is 0 Å². The van der Waals surface area contributed by atoms with Crippen molar-refractivity contribution in [1.82, 2.24) is 20.2 Å². The molecule has 2 fully saturated rings. The summed E-state index contributed by atoms with van der Waals surface area (Å²) in [5, 5.41) is 6.43. The third-order valence-electron chi connectivity index (χ3n) is 7.18. The Balaban J connectivity index is 1.37. The molecule has 2 N–H and O–H groups in total. The number of carbonyl (C=O) groups is 1. The lowest BCUT2D eigenvalue weighted by Gasteiger charge is -2.38. The molecule has 5 rings (SSSR count). The number of ether oxygens (including phenoxy) is 1. The largest absolute Gasteiger partial charge is 0.492 e. The number of hydrogen-bond acceptors (Lipinski definition) is 7. The summed E-state index contributed by atoms with van der Waals surface area (Å²) in [5.74, 6) is 2.52. The molecule has 2 aromatic rings. The number of rotatable bonds is 7. The zero-order valence-corrected chi connectivity index (χ0v) is 19.9. The molecule has 3 heterocycles. The van der Waals surface area contributed by atoms with E-state index in [1.54, 1.807) is 0 Å². The molecule has 3 aliphatic rings. The van der Waals surface area contributed by atoms with Gasteiger partial charge < -0.3 is 25.2 Å². The molecule has 1 amide bonds. The van der Waals surface area contributed by atoms with Gasteiger partial charge >= 0.3 is 0 Å². The van der Waals surface area contributed by atoms with Crippen LogP contribution in [-0.4, -0.2) is 66.1 Å². The second-order valence-electron chi connectivity index (χ2n) is 9.82. The third-order valence-corrected chi connectivity index (χ3v) is 7.18. The maximum atomic E-state index is 13.0. The molecule has 8 heteroatoms. The summed E-state index contributed by atoms with van der Waals surface area (Å²) in [7, 11) is 4.07. The highest BCUT2D eigenvalue weighted by Gasteiger charge is 2.55. The molecule has 1 atom stereocenters. The van der Waals surface area contributed by atoms with E-state index < -0.39 is 5.54 Å². The molecule has 1 saturated carbocycles. The first-order valence-electron chi connectivity index (χ1n) is 12.0. The molecule has 176 valence electrons. The van der Waals surface area contributed by atoms with E-state index in [1.165, 1.54) is 12.8 Å². The van der Waals surface area contributed by atoms with Crippen molar-refractivity contribution in [2.45, 2.75) is 57.0 Å². The molecule has 1 spiro atoms. The third kappa shape index (κ3) is 4.12. The van der Waals surface area contributed by atoms with Crippen LogP contribution in [0.15, 0.2) is 24.4 Å². The van der Waals surface area contributed by atoms with Gasteiger partial charge in [-0.2, -0.15) is 4.98 Å². The van der Waals surface area contributed by atoms with Crippen molar-refractivity contribution >= 4 is 23.4 Å². The Morgan fingerprint density at radius 1 is 1.30 bits per heavy atom. The van der Waals surface area contributed by atoms with Crippen LogP contribution in [0.2, 0.25) is 0 Å². The number of benzene rings is 1. The number of carbonyl (C=O) groups excluding carboxylic acids is 1. The number of hydrogen-bond donors (Lipinski definition) is 2. The van der Waals surface area contributed by atoms with Gasteiger partial charge in [-0.1, -0.05) is 12.8 Å². The van der Waals surface area contributed by atoms with Gasteiger partial charge in [0.15, 0.2) is 0 Å². The normalized spacial score (nSPS) is 22.3. The van der Waals surface area contributed by atoms with Crippen molar-refractivity contribution in [3.63, 3.8) is 0 Å². The Morgan fingerprint density at radius 2 is 2.12 bits per heavy atom. The van der Waals surface area contributed by atoms with Crippen LogP contribution in [0.4, 0.5) is 17.5 Å². The van der Waals surface area contributed by atoms with E-state index >= 15 is 0 Å². The summed E-state index contributed by atoms with van der Waals surface area (Å²) in [6.07, 6.45) is 8.10. The summed E-state index contributed by atoms with van der Waals surface area (Å²) in [4.78, 5) is 26.9. The molecular formula is C25H34N6O2. The van der Waals surface area contributed by atoms with Gasteiger partial charge in [0, 0.05) is 43.0 Å². The van der Waals surface area contributed by atoms with Crippen LogP contribution >= 0.6 is 0 Å². The van der Waals surface area contributed by atoms with E-state index in [4.69, 9.17) is 9.72 Å². The molecule has 2 aliphatic heterocycles. The molecule has 1 aromatic carbocycles. The number of nitrogens with one attached hydrogen (secondary N) is 2. The number of aryl methyl sites for hydroxylation is 1. The van der Waals surface area contributed by atoms with E-state index in [0.29, 0.717) is 25.0 Å². The van der Waals surface area contributed by atoms with E-state index in [1.807, 2.05) is 39.3 Å². The summed E-state index contributed by atoms with van der Waals surface area (Å²) >= 11 is 0. The van der Waals surface area contributed by atoms with Gasteiger partial charge in [0.25, 0.3) is 0 Å². The Bertz CT molecular complexity index is 1040. The van der Waals surface area contributed by atoms with Crippen molar-refractivity contribution in [2.24, 2.45) is 0 Å². The Hall–Kier alpha value is -2.87. The molecular weight excluding hydrogens is 416 g/mol. The van der Waals surface area contributed by atoms with Crippen molar-refractivity contribution in [3.05, 3.63) is 35.5 Å². The summed E-state index contributed by atoms with van der Waals surface area (Å²) in [5.41, 5.74) is 2.57. The summed E-state index contributed by atoms with van der Waals surface area (Å²) in [6.45, 7) is 4.31. The standard InChI is InChI=1S/C25H34N6O2/c1-17-14-19(8-9-21(17)33-13-12-30(2)3)28-24-27-16-18-15-25(10-11-26-23(25)32)31(22(18)29-24)20-6-4-5-7-20/h8-9,14,16,20H,4-7,10-13,15H2,1-3H3,(H,26,32)(H,27,28,29). The summed E-state index contributed by atoms with van der Waals surface area (Å²) < 4.78 is 5.90. The van der Waals surface area contributed by atoms with Gasteiger partial charge in [0.1, 0.15) is 23.7 Å². The van der Waals surface area contributed by atoms with Crippen LogP contribution in [0.5, 0.6) is 5.75 Å².